The van der Waals surface area contributed by atoms with Crippen LogP contribution in [0.25, 0.3) is 0 Å². The molecule has 13 heavy (non-hydrogen) atoms. The van der Waals surface area contributed by atoms with Gasteiger partial charge in [-0.1, -0.05) is 0 Å². The molecule has 3 atom stereocenters. The van der Waals surface area contributed by atoms with Crippen LogP contribution in [0.2, 0.25) is 0 Å². The van der Waals surface area contributed by atoms with Crippen LogP contribution in [-0.4, -0.2) is 34.9 Å². The highest BCUT2D eigenvalue weighted by Gasteiger charge is 2.47. The molecule has 0 amide bonds. The van der Waals surface area contributed by atoms with E-state index in [4.69, 9.17) is 10.5 Å². The van der Waals surface area contributed by atoms with Crippen LogP contribution in [0.1, 0.15) is 19.3 Å². The van der Waals surface area contributed by atoms with Crippen molar-refractivity contribution in [2.24, 2.45) is 11.8 Å². The molecule has 2 fully saturated rings. The van der Waals surface area contributed by atoms with Gasteiger partial charge in [0.15, 0.2) is 0 Å². The molecule has 0 spiro atoms. The molecule has 0 aromatic carbocycles. The van der Waals surface area contributed by atoms with Crippen LogP contribution in [0.3, 0.4) is 0 Å². The van der Waals surface area contributed by atoms with Crippen molar-refractivity contribution in [3.8, 4) is 0 Å². The average Bonchev–Trinajstić information content (AvgIpc) is 2.55. The van der Waals surface area contributed by atoms with Crippen molar-refractivity contribution in [1.82, 2.24) is 4.90 Å². The Morgan fingerprint density at radius 1 is 1.62 bits per heavy atom. The molecule has 0 aromatic rings. The van der Waals surface area contributed by atoms with Crippen molar-refractivity contribution in [1.29, 1.82) is 5.41 Å². The fraction of sp³-hybridized carbons (Fsp3) is 0.778. The van der Waals surface area contributed by atoms with Crippen molar-refractivity contribution in [2.75, 3.05) is 7.05 Å². The van der Waals surface area contributed by atoms with E-state index >= 15 is 0 Å². The minimum absolute atomic E-state index is 0.190. The van der Waals surface area contributed by atoms with E-state index in [0.717, 1.165) is 12.8 Å². The smallest absolute Gasteiger partial charge is 0.306 e. The molecule has 0 aromatic heterocycles. The summed E-state index contributed by atoms with van der Waals surface area (Å²) in [5.41, 5.74) is 0. The summed E-state index contributed by atoms with van der Waals surface area (Å²) < 4.78 is 0. The van der Waals surface area contributed by atoms with Crippen LogP contribution >= 0.6 is 0 Å². The van der Waals surface area contributed by atoms with Crippen LogP contribution in [0.4, 0.5) is 0 Å². The van der Waals surface area contributed by atoms with E-state index in [2.05, 4.69) is 0 Å². The Hall–Kier alpha value is -1.06. The third-order valence-corrected chi connectivity index (χ3v) is 3.45. The van der Waals surface area contributed by atoms with Gasteiger partial charge >= 0.3 is 5.97 Å². The van der Waals surface area contributed by atoms with Crippen LogP contribution in [0.5, 0.6) is 0 Å². The molecule has 1 heterocycles. The lowest BCUT2D eigenvalue weighted by atomic mass is 9.93. The van der Waals surface area contributed by atoms with Crippen molar-refractivity contribution in [3.05, 3.63) is 0 Å². The molecule has 3 unspecified atom stereocenters. The number of hydrogen-bond donors (Lipinski definition) is 2. The van der Waals surface area contributed by atoms with Gasteiger partial charge in [-0.15, -0.1) is 0 Å². The molecule has 4 heteroatoms. The highest BCUT2D eigenvalue weighted by Crippen LogP contribution is 2.42. The Bertz CT molecular complexity index is 264. The SMILES string of the molecule is CN1C(=N)CC2C(C(=O)O)CCC21. The number of fused-ring (bicyclic) bond motifs is 1. The minimum atomic E-state index is -0.685. The molecule has 0 bridgehead atoms. The lowest BCUT2D eigenvalue weighted by Gasteiger charge is -2.19. The topological polar surface area (TPSA) is 64.4 Å². The summed E-state index contributed by atoms with van der Waals surface area (Å²) in [6.07, 6.45) is 2.36. The normalized spacial score (nSPS) is 38.1. The maximum absolute atomic E-state index is 10.9. The largest absolute Gasteiger partial charge is 0.481 e. The summed E-state index contributed by atoms with van der Waals surface area (Å²) in [4.78, 5) is 12.8. The number of carboxylic acid groups (broad SMARTS) is 1. The molecule has 1 aliphatic heterocycles. The second-order valence-corrected chi connectivity index (χ2v) is 4.02. The van der Waals surface area contributed by atoms with Crippen LogP contribution < -0.4 is 0 Å². The first-order valence-electron chi connectivity index (χ1n) is 4.64. The van der Waals surface area contributed by atoms with Gasteiger partial charge in [0.05, 0.1) is 11.8 Å². The lowest BCUT2D eigenvalue weighted by molar-refractivity contribution is -0.142. The van der Waals surface area contributed by atoms with Crippen LogP contribution in [0, 0.1) is 17.2 Å². The summed E-state index contributed by atoms with van der Waals surface area (Å²) in [5, 5.41) is 16.6. The number of hydrogen-bond acceptors (Lipinski definition) is 2. The third kappa shape index (κ3) is 1.12. The zero-order valence-electron chi connectivity index (χ0n) is 7.66. The second-order valence-electron chi connectivity index (χ2n) is 4.02. The molecule has 0 radical (unpaired) electrons. The standard InChI is InChI=1S/C9H14N2O2/c1-11-7-3-2-5(9(12)13)6(7)4-8(11)10/h5-7,10H,2-4H2,1H3,(H,12,13). The highest BCUT2D eigenvalue weighted by molar-refractivity contribution is 5.83. The molecule has 1 aliphatic carbocycles. The predicted molar refractivity (Wildman–Crippen MR) is 47.7 cm³/mol. The van der Waals surface area contributed by atoms with Gasteiger partial charge in [0, 0.05) is 19.5 Å². The third-order valence-electron chi connectivity index (χ3n) is 3.45. The van der Waals surface area contributed by atoms with E-state index in [1.54, 1.807) is 0 Å². The molecule has 1 saturated heterocycles. The maximum Gasteiger partial charge on any atom is 0.306 e. The molecule has 72 valence electrons. The van der Waals surface area contributed by atoms with Crippen molar-refractivity contribution in [3.63, 3.8) is 0 Å². The molecule has 2 aliphatic rings. The molecular weight excluding hydrogens is 168 g/mol. The van der Waals surface area contributed by atoms with Crippen LogP contribution in [0.15, 0.2) is 0 Å². The number of likely N-dealkylation sites (tertiary alicyclic amines) is 1. The fourth-order valence-electron chi connectivity index (χ4n) is 2.68. The Balaban J connectivity index is 2.18. The average molecular weight is 182 g/mol. The highest BCUT2D eigenvalue weighted by atomic mass is 16.4. The van der Waals surface area contributed by atoms with Gasteiger partial charge in [-0.05, 0) is 18.8 Å². The Morgan fingerprint density at radius 2 is 2.31 bits per heavy atom. The van der Waals surface area contributed by atoms with Gasteiger partial charge in [0.25, 0.3) is 0 Å². The predicted octanol–water partition coefficient (Wildman–Crippen LogP) is 0.779. The summed E-state index contributed by atoms with van der Waals surface area (Å²) >= 11 is 0. The molecular formula is C9H14N2O2. The molecule has 1 saturated carbocycles. The number of aliphatic carboxylic acids is 1. The summed E-state index contributed by atoms with van der Waals surface area (Å²) in [6, 6.07) is 0.314. The zero-order valence-corrected chi connectivity index (χ0v) is 7.66. The van der Waals surface area contributed by atoms with Gasteiger partial charge in [0.2, 0.25) is 0 Å². The van der Waals surface area contributed by atoms with E-state index in [0.29, 0.717) is 18.3 Å². The lowest BCUT2D eigenvalue weighted by Crippen LogP contribution is -2.29. The molecule has 2 rings (SSSR count). The molecule has 4 nitrogen and oxygen atoms in total. The van der Waals surface area contributed by atoms with Gasteiger partial charge in [-0.25, -0.2) is 0 Å². The zero-order chi connectivity index (χ0) is 9.59. The van der Waals surface area contributed by atoms with Crippen LogP contribution in [-0.2, 0) is 4.79 Å². The monoisotopic (exact) mass is 182 g/mol. The Morgan fingerprint density at radius 3 is 2.92 bits per heavy atom. The second kappa shape index (κ2) is 2.72. The van der Waals surface area contributed by atoms with Gasteiger partial charge < -0.3 is 10.0 Å². The van der Waals surface area contributed by atoms with Crippen molar-refractivity contribution >= 4 is 11.8 Å². The van der Waals surface area contributed by atoms with Gasteiger partial charge in [-0.3, -0.25) is 10.2 Å². The maximum atomic E-state index is 10.9. The summed E-state index contributed by atoms with van der Waals surface area (Å²) in [7, 11) is 1.90. The first-order valence-corrected chi connectivity index (χ1v) is 4.64. The fourth-order valence-corrected chi connectivity index (χ4v) is 2.68. The number of carboxylic acids is 1. The van der Waals surface area contributed by atoms with Gasteiger partial charge in [0.1, 0.15) is 0 Å². The number of carbonyl (C=O) groups is 1. The van der Waals surface area contributed by atoms with E-state index < -0.39 is 5.97 Å². The quantitative estimate of drug-likeness (QED) is 0.629. The van der Waals surface area contributed by atoms with E-state index in [1.807, 2.05) is 11.9 Å². The summed E-state index contributed by atoms with van der Waals surface area (Å²) in [6.45, 7) is 0. The first kappa shape index (κ1) is 8.53. The van der Waals surface area contributed by atoms with E-state index in [9.17, 15) is 4.79 Å². The number of amidine groups is 1. The van der Waals surface area contributed by atoms with Crippen molar-refractivity contribution in [2.45, 2.75) is 25.3 Å². The van der Waals surface area contributed by atoms with Crippen molar-refractivity contribution < 1.29 is 9.90 Å². The Labute approximate surface area is 77.0 Å². The summed E-state index contributed by atoms with van der Waals surface area (Å²) in [5.74, 6) is -0.109. The van der Waals surface area contributed by atoms with E-state index in [1.165, 1.54) is 0 Å². The minimum Gasteiger partial charge on any atom is -0.481 e. The number of nitrogens with zero attached hydrogens (tertiary/aromatic N) is 1. The number of rotatable bonds is 1. The first-order chi connectivity index (χ1) is 6.11. The molecule has 2 N–H and O–H groups in total. The number of nitrogens with one attached hydrogen (secondary N) is 1. The van der Waals surface area contributed by atoms with Gasteiger partial charge in [-0.2, -0.15) is 0 Å². The van der Waals surface area contributed by atoms with E-state index in [-0.39, 0.29) is 11.8 Å². The Kier molecular flexibility index (Phi) is 1.78.